The van der Waals surface area contributed by atoms with Gasteiger partial charge in [-0.2, -0.15) is 0 Å². The molecule has 7 nitrogen and oxygen atoms in total. The van der Waals surface area contributed by atoms with Crippen molar-refractivity contribution in [2.45, 2.75) is 39.0 Å². The number of nitrogens with two attached hydrogens (primary N) is 1. The first-order chi connectivity index (χ1) is 14.3. The molecular formula is C22H30ClN3O4. The summed E-state index contributed by atoms with van der Waals surface area (Å²) in [5.41, 5.74) is 5.04. The number of amides is 3. The molecule has 0 unspecified atom stereocenters. The number of ether oxygens (including phenoxy) is 1. The van der Waals surface area contributed by atoms with Crippen LogP contribution in [0.2, 0.25) is 5.02 Å². The third kappa shape index (κ3) is 5.65. The molecule has 30 heavy (non-hydrogen) atoms. The Bertz CT molecular complexity index is 794. The lowest BCUT2D eigenvalue weighted by molar-refractivity contribution is -0.144. The van der Waals surface area contributed by atoms with Crippen LogP contribution < -0.4 is 10.5 Å². The molecule has 2 aliphatic heterocycles. The van der Waals surface area contributed by atoms with E-state index in [9.17, 15) is 14.4 Å². The zero-order valence-corrected chi connectivity index (χ0v) is 18.2. The van der Waals surface area contributed by atoms with E-state index in [4.69, 9.17) is 22.1 Å². The van der Waals surface area contributed by atoms with Crippen molar-refractivity contribution in [1.29, 1.82) is 0 Å². The fourth-order valence-electron chi connectivity index (χ4n) is 4.57. The van der Waals surface area contributed by atoms with Gasteiger partial charge < -0.3 is 20.3 Å². The van der Waals surface area contributed by atoms with Crippen LogP contribution in [0.1, 0.15) is 39.0 Å². The number of carbonyl (C=O) groups excluding carboxylic acids is 3. The number of hydrogen-bond donors (Lipinski definition) is 1. The van der Waals surface area contributed by atoms with Crippen LogP contribution in [0.5, 0.6) is 5.75 Å². The molecule has 1 aromatic rings. The van der Waals surface area contributed by atoms with Crippen LogP contribution in [0.4, 0.5) is 0 Å². The van der Waals surface area contributed by atoms with E-state index in [0.29, 0.717) is 56.4 Å². The van der Waals surface area contributed by atoms with Gasteiger partial charge in [0.25, 0.3) is 0 Å². The Hall–Kier alpha value is -2.28. The topological polar surface area (TPSA) is 92.9 Å². The van der Waals surface area contributed by atoms with Crippen molar-refractivity contribution in [2.75, 3.05) is 32.8 Å². The maximum absolute atomic E-state index is 13.2. The van der Waals surface area contributed by atoms with E-state index >= 15 is 0 Å². The monoisotopic (exact) mass is 435 g/mol. The van der Waals surface area contributed by atoms with Gasteiger partial charge in [0.15, 0.2) is 0 Å². The zero-order chi connectivity index (χ0) is 21.7. The molecule has 1 atom stereocenters. The second kappa shape index (κ2) is 9.69. The molecule has 0 aliphatic carbocycles. The van der Waals surface area contributed by atoms with E-state index in [1.807, 2.05) is 17.0 Å². The van der Waals surface area contributed by atoms with Crippen molar-refractivity contribution < 1.29 is 19.1 Å². The number of benzene rings is 1. The van der Waals surface area contributed by atoms with Crippen molar-refractivity contribution in [1.82, 2.24) is 9.80 Å². The number of nitrogens with zero attached hydrogens (tertiary/aromatic N) is 2. The quantitative estimate of drug-likeness (QED) is 0.742. The van der Waals surface area contributed by atoms with Crippen LogP contribution >= 0.6 is 11.6 Å². The molecule has 2 saturated heterocycles. The van der Waals surface area contributed by atoms with Gasteiger partial charge in [0.1, 0.15) is 5.75 Å². The second-order valence-corrected chi connectivity index (χ2v) is 8.97. The molecule has 0 radical (unpaired) electrons. The van der Waals surface area contributed by atoms with Gasteiger partial charge in [0.2, 0.25) is 17.7 Å². The predicted octanol–water partition coefficient (Wildman–Crippen LogP) is 2.46. The molecule has 2 aliphatic rings. The Balaban J connectivity index is 1.66. The highest BCUT2D eigenvalue weighted by Crippen LogP contribution is 2.36. The number of halogens is 1. The lowest BCUT2D eigenvalue weighted by Gasteiger charge is -2.43. The summed E-state index contributed by atoms with van der Waals surface area (Å²) in [4.78, 5) is 40.2. The minimum atomic E-state index is -0.512. The highest BCUT2D eigenvalue weighted by atomic mass is 35.5. The summed E-state index contributed by atoms with van der Waals surface area (Å²) >= 11 is 6.03. The number of hydrogen-bond acceptors (Lipinski definition) is 4. The Morgan fingerprint density at radius 1 is 1.20 bits per heavy atom. The summed E-state index contributed by atoms with van der Waals surface area (Å²) in [7, 11) is 0. The molecule has 2 heterocycles. The van der Waals surface area contributed by atoms with Crippen LogP contribution in [0.3, 0.4) is 0 Å². The first-order valence-corrected chi connectivity index (χ1v) is 10.9. The van der Waals surface area contributed by atoms with Gasteiger partial charge in [-0.05, 0) is 43.9 Å². The highest BCUT2D eigenvalue weighted by molar-refractivity contribution is 6.30. The number of likely N-dealkylation sites (tertiary alicyclic amines) is 2. The van der Waals surface area contributed by atoms with E-state index in [0.717, 1.165) is 12.8 Å². The standard InChI is InChI=1S/C22H30ClN3O4/c1-16(27)25-10-6-17(7-11-25)21(29)26-9-3-8-22(14-26,13-20(24)28)15-30-19-5-2-4-18(23)12-19/h2,4-5,12,17H,3,6-11,13-15H2,1H3,(H2,24,28)/t22-/m0/s1. The van der Waals surface area contributed by atoms with Crippen molar-refractivity contribution in [3.63, 3.8) is 0 Å². The molecule has 1 aromatic carbocycles. The van der Waals surface area contributed by atoms with Gasteiger partial charge in [-0.25, -0.2) is 0 Å². The predicted molar refractivity (Wildman–Crippen MR) is 114 cm³/mol. The molecule has 3 amide bonds. The maximum atomic E-state index is 13.2. The van der Waals surface area contributed by atoms with Gasteiger partial charge in [-0.15, -0.1) is 0 Å². The summed E-state index contributed by atoms with van der Waals surface area (Å²) in [6.45, 7) is 4.20. The molecule has 0 bridgehead atoms. The van der Waals surface area contributed by atoms with Crippen molar-refractivity contribution in [3.05, 3.63) is 29.3 Å². The average molecular weight is 436 g/mol. The number of piperidine rings is 2. The lowest BCUT2D eigenvalue weighted by atomic mass is 9.77. The summed E-state index contributed by atoms with van der Waals surface area (Å²) in [6, 6.07) is 7.13. The summed E-state index contributed by atoms with van der Waals surface area (Å²) in [5.74, 6) is 0.311. The van der Waals surface area contributed by atoms with Crippen LogP contribution in [-0.4, -0.2) is 60.3 Å². The number of primary amides is 1. The van der Waals surface area contributed by atoms with Crippen LogP contribution in [-0.2, 0) is 14.4 Å². The largest absolute Gasteiger partial charge is 0.493 e. The van der Waals surface area contributed by atoms with E-state index in [-0.39, 0.29) is 24.2 Å². The molecule has 8 heteroatoms. The normalized spacial score (nSPS) is 22.6. The smallest absolute Gasteiger partial charge is 0.225 e. The van der Waals surface area contributed by atoms with Crippen LogP contribution in [0, 0.1) is 11.3 Å². The highest BCUT2D eigenvalue weighted by Gasteiger charge is 2.41. The number of carbonyl (C=O) groups is 3. The van der Waals surface area contributed by atoms with Crippen LogP contribution in [0.15, 0.2) is 24.3 Å². The average Bonchev–Trinajstić information content (AvgIpc) is 2.71. The van der Waals surface area contributed by atoms with Crippen molar-refractivity contribution in [2.24, 2.45) is 17.1 Å². The Morgan fingerprint density at radius 2 is 1.93 bits per heavy atom. The second-order valence-electron chi connectivity index (χ2n) is 8.53. The molecule has 0 spiro atoms. The molecule has 164 valence electrons. The minimum absolute atomic E-state index is 0.0533. The third-order valence-corrected chi connectivity index (χ3v) is 6.39. The van der Waals surface area contributed by atoms with Gasteiger partial charge in [0, 0.05) is 55.9 Å². The van der Waals surface area contributed by atoms with Gasteiger partial charge >= 0.3 is 0 Å². The summed E-state index contributed by atoms with van der Waals surface area (Å²) in [6.07, 6.45) is 3.08. The fourth-order valence-corrected chi connectivity index (χ4v) is 4.75. The van der Waals surface area contributed by atoms with E-state index in [2.05, 4.69) is 0 Å². The lowest BCUT2D eigenvalue weighted by Crippen LogP contribution is -2.52. The van der Waals surface area contributed by atoms with Crippen LogP contribution in [0.25, 0.3) is 0 Å². The maximum Gasteiger partial charge on any atom is 0.225 e. The number of rotatable bonds is 6. The molecule has 2 fully saturated rings. The Morgan fingerprint density at radius 3 is 2.57 bits per heavy atom. The fraction of sp³-hybridized carbons (Fsp3) is 0.591. The third-order valence-electron chi connectivity index (χ3n) is 6.15. The summed E-state index contributed by atoms with van der Waals surface area (Å²) < 4.78 is 5.97. The van der Waals surface area contributed by atoms with Gasteiger partial charge in [0.05, 0.1) is 6.61 Å². The first kappa shape index (κ1) is 22.4. The molecule has 0 aromatic heterocycles. The van der Waals surface area contributed by atoms with Gasteiger partial charge in [-0.1, -0.05) is 17.7 Å². The first-order valence-electron chi connectivity index (χ1n) is 10.5. The van der Waals surface area contributed by atoms with E-state index < -0.39 is 11.3 Å². The van der Waals surface area contributed by atoms with E-state index in [1.165, 1.54) is 0 Å². The Kier molecular flexibility index (Phi) is 7.23. The van der Waals surface area contributed by atoms with Crippen molar-refractivity contribution in [3.8, 4) is 5.75 Å². The molecule has 3 rings (SSSR count). The summed E-state index contributed by atoms with van der Waals surface area (Å²) in [5, 5.41) is 0.578. The molecular weight excluding hydrogens is 406 g/mol. The Labute approximate surface area is 182 Å². The molecule has 0 saturated carbocycles. The van der Waals surface area contributed by atoms with Gasteiger partial charge in [-0.3, -0.25) is 14.4 Å². The SMILES string of the molecule is CC(=O)N1CCC(C(=O)N2CCC[C@](COc3cccc(Cl)c3)(CC(N)=O)C2)CC1. The minimum Gasteiger partial charge on any atom is -0.493 e. The molecule has 2 N–H and O–H groups in total. The van der Waals surface area contributed by atoms with Crippen molar-refractivity contribution >= 4 is 29.3 Å². The van der Waals surface area contributed by atoms with E-state index in [1.54, 1.807) is 24.0 Å². The zero-order valence-electron chi connectivity index (χ0n) is 17.4.